The van der Waals surface area contributed by atoms with E-state index in [0.717, 1.165) is 22.2 Å². The van der Waals surface area contributed by atoms with Crippen molar-refractivity contribution in [2.75, 3.05) is 38.5 Å². The van der Waals surface area contributed by atoms with Crippen molar-refractivity contribution in [1.82, 2.24) is 14.9 Å². The summed E-state index contributed by atoms with van der Waals surface area (Å²) in [5.74, 6) is 0.0988. The molecule has 3 aromatic rings. The number of fused-ring (bicyclic) bond motifs is 1. The minimum atomic E-state index is -0.461. The van der Waals surface area contributed by atoms with Crippen LogP contribution in [-0.2, 0) is 15.5 Å². The number of carbonyl (C=O) groups excluding carboxylic acids is 1. The number of nitrogens with zero attached hydrogens (tertiary/aromatic N) is 4. The van der Waals surface area contributed by atoms with Gasteiger partial charge in [0.2, 0.25) is 0 Å². The van der Waals surface area contributed by atoms with Crippen molar-refractivity contribution in [3.8, 4) is 5.75 Å². The smallest absolute Gasteiger partial charge is 0.259 e. The molecule has 7 nitrogen and oxygen atoms in total. The molecule has 0 bridgehead atoms. The zero-order valence-corrected chi connectivity index (χ0v) is 18.4. The van der Waals surface area contributed by atoms with E-state index in [2.05, 4.69) is 19.6 Å². The van der Waals surface area contributed by atoms with Crippen LogP contribution >= 0.6 is 0 Å². The highest BCUT2D eigenvalue weighted by Crippen LogP contribution is 2.33. The zero-order chi connectivity index (χ0) is 21.8. The number of aromatic nitrogens is 2. The van der Waals surface area contributed by atoms with Gasteiger partial charge in [-0.15, -0.1) is 10.7 Å². The molecule has 1 N–H and O–H groups in total. The summed E-state index contributed by atoms with van der Waals surface area (Å²) in [5.41, 5.74) is 3.09. The average molecular weight is 430 g/mol. The second-order valence-electron chi connectivity index (χ2n) is 7.09. The molecule has 0 atom stereocenters. The summed E-state index contributed by atoms with van der Waals surface area (Å²) in [5, 5.41) is 4.04. The number of rotatable bonds is 6. The first kappa shape index (κ1) is 21.6. The second-order valence-corrected chi connectivity index (χ2v) is 8.82. The summed E-state index contributed by atoms with van der Waals surface area (Å²) in [7, 11) is 3.18. The van der Waals surface area contributed by atoms with Gasteiger partial charge in [0.15, 0.2) is 6.61 Å². The molecule has 3 rings (SSSR count). The highest BCUT2D eigenvalue weighted by Gasteiger charge is 2.14. The number of aryl methyl sites for hydroxylation is 1. The van der Waals surface area contributed by atoms with Crippen LogP contribution in [-0.4, -0.2) is 54.0 Å². The number of hydrogen-bond acceptors (Lipinski definition) is 6. The number of carbonyl (C=O) groups is 1. The topological polar surface area (TPSA) is 79.7 Å². The quantitative estimate of drug-likeness (QED) is 0.641. The molecule has 9 heteroatoms. The molecule has 0 saturated carbocycles. The van der Waals surface area contributed by atoms with Crippen LogP contribution in [0.2, 0.25) is 0 Å². The average Bonchev–Trinajstić information content (AvgIpc) is 2.67. The van der Waals surface area contributed by atoms with Crippen LogP contribution in [0.5, 0.6) is 5.75 Å². The molecular formula is C21H24FN5O2S. The van der Waals surface area contributed by atoms with Crippen LogP contribution in [0.1, 0.15) is 5.56 Å². The predicted octanol–water partition coefficient (Wildman–Crippen LogP) is 3.98. The third-order valence-electron chi connectivity index (χ3n) is 4.25. The van der Waals surface area contributed by atoms with Crippen LogP contribution in [0.25, 0.3) is 10.9 Å². The second kappa shape index (κ2) is 9.17. The first-order valence-electron chi connectivity index (χ1n) is 9.19. The van der Waals surface area contributed by atoms with Gasteiger partial charge in [-0.2, -0.15) is 0 Å². The molecule has 0 spiro atoms. The fraction of sp³-hybridized carbons (Fsp3) is 0.286. The Kier molecular flexibility index (Phi) is 6.61. The summed E-state index contributed by atoms with van der Waals surface area (Å²) in [6.45, 7) is 1.77. The van der Waals surface area contributed by atoms with Gasteiger partial charge in [-0.3, -0.25) is 4.79 Å². The number of benzene rings is 2. The number of anilines is 2. The fourth-order valence-corrected chi connectivity index (χ4v) is 3.37. The third-order valence-corrected chi connectivity index (χ3v) is 4.83. The number of nitrogens with one attached hydrogen (secondary N) is 1. The molecule has 1 amide bonds. The van der Waals surface area contributed by atoms with Crippen molar-refractivity contribution in [1.29, 1.82) is 0 Å². The highest BCUT2D eigenvalue weighted by atomic mass is 32.2. The van der Waals surface area contributed by atoms with Crippen LogP contribution in [0.3, 0.4) is 0 Å². The molecule has 1 aromatic heterocycles. The van der Waals surface area contributed by atoms with E-state index in [-0.39, 0.29) is 29.0 Å². The highest BCUT2D eigenvalue weighted by molar-refractivity contribution is 7.85. The summed E-state index contributed by atoms with van der Waals surface area (Å²) >= 11 is 0. The van der Waals surface area contributed by atoms with Crippen LogP contribution in [0.15, 0.2) is 41.0 Å². The van der Waals surface area contributed by atoms with Crippen LogP contribution in [0.4, 0.5) is 21.6 Å². The Morgan fingerprint density at radius 3 is 2.70 bits per heavy atom. The lowest BCUT2D eigenvalue weighted by atomic mass is 10.1. The van der Waals surface area contributed by atoms with E-state index in [1.54, 1.807) is 20.2 Å². The lowest BCUT2D eigenvalue weighted by Crippen LogP contribution is -2.27. The summed E-state index contributed by atoms with van der Waals surface area (Å²) in [4.78, 5) is 22.0. The first-order valence-corrected chi connectivity index (χ1v) is 11.2. The van der Waals surface area contributed by atoms with Crippen molar-refractivity contribution < 1.29 is 13.9 Å². The number of halogens is 1. The van der Waals surface area contributed by atoms with Crippen LogP contribution < -0.4 is 10.1 Å². The monoisotopic (exact) mass is 429 g/mol. The van der Waals surface area contributed by atoms with E-state index in [1.807, 2.05) is 31.6 Å². The van der Waals surface area contributed by atoms with E-state index in [1.165, 1.54) is 23.4 Å². The van der Waals surface area contributed by atoms with Crippen molar-refractivity contribution in [3.05, 3.63) is 48.0 Å². The van der Waals surface area contributed by atoms with Gasteiger partial charge in [-0.25, -0.2) is 18.7 Å². The van der Waals surface area contributed by atoms with Crippen LogP contribution in [0, 0.1) is 12.7 Å². The molecule has 0 saturated heterocycles. The Bertz CT molecular complexity index is 1130. The third kappa shape index (κ3) is 5.10. The van der Waals surface area contributed by atoms with Gasteiger partial charge < -0.3 is 15.0 Å². The standard InChI is InChI=1S/C21H24FN5O2S/c1-13-8-15(26-30(4)5)10-17-20(13)21(24-12-23-17)25-16-7-6-14(22)9-18(16)29-11-19(28)27(2)3/h6-10,12H,11H2,1-5H3,(H,23,24,25). The molecule has 158 valence electrons. The summed E-state index contributed by atoms with van der Waals surface area (Å²) in [6, 6.07) is 8.02. The minimum absolute atomic E-state index is 0.0868. The van der Waals surface area contributed by atoms with Gasteiger partial charge >= 0.3 is 0 Å². The Morgan fingerprint density at radius 2 is 2.00 bits per heavy atom. The van der Waals surface area contributed by atoms with Gasteiger partial charge in [0.25, 0.3) is 5.91 Å². The van der Waals surface area contributed by atoms with Gasteiger partial charge in [0.05, 0.1) is 16.9 Å². The molecule has 0 aliphatic heterocycles. The molecule has 30 heavy (non-hydrogen) atoms. The van der Waals surface area contributed by atoms with E-state index < -0.39 is 5.82 Å². The van der Waals surface area contributed by atoms with Crippen molar-refractivity contribution >= 4 is 44.7 Å². The van der Waals surface area contributed by atoms with E-state index >= 15 is 0 Å². The zero-order valence-electron chi connectivity index (χ0n) is 17.6. The molecule has 0 fully saturated rings. The van der Waals surface area contributed by atoms with E-state index in [9.17, 15) is 9.18 Å². The van der Waals surface area contributed by atoms with E-state index in [4.69, 9.17) is 4.74 Å². The molecular weight excluding hydrogens is 405 g/mol. The predicted molar refractivity (Wildman–Crippen MR) is 119 cm³/mol. The Labute approximate surface area is 177 Å². The van der Waals surface area contributed by atoms with Gasteiger partial charge in [-0.1, -0.05) is 0 Å². The summed E-state index contributed by atoms with van der Waals surface area (Å²) in [6.07, 6.45) is 5.55. The number of hydrogen-bond donors (Lipinski definition) is 1. The summed E-state index contributed by atoms with van der Waals surface area (Å²) < 4.78 is 24.0. The minimum Gasteiger partial charge on any atom is -0.481 e. The maximum atomic E-state index is 13.8. The molecule has 1 heterocycles. The van der Waals surface area contributed by atoms with Gasteiger partial charge in [0, 0.05) is 25.5 Å². The lowest BCUT2D eigenvalue weighted by Gasteiger charge is -2.16. The SMILES string of the molecule is Cc1cc(N=S(C)C)cc2ncnc(Nc3ccc(F)cc3OCC(=O)N(C)C)c12. The normalized spacial score (nSPS) is 10.9. The molecule has 0 unspecified atom stereocenters. The van der Waals surface area contributed by atoms with E-state index in [0.29, 0.717) is 11.5 Å². The number of likely N-dealkylation sites (N-methyl/N-ethyl adjacent to an activating group) is 1. The Morgan fingerprint density at radius 1 is 1.23 bits per heavy atom. The first-order chi connectivity index (χ1) is 14.2. The molecule has 0 aliphatic rings. The van der Waals surface area contributed by atoms with Gasteiger partial charge in [-0.05, 0) is 49.3 Å². The molecule has 2 aromatic carbocycles. The molecule has 0 aliphatic carbocycles. The number of amides is 1. The maximum Gasteiger partial charge on any atom is 0.259 e. The largest absolute Gasteiger partial charge is 0.481 e. The maximum absolute atomic E-state index is 13.8. The Balaban J connectivity index is 1.98. The van der Waals surface area contributed by atoms with Crippen molar-refractivity contribution in [2.45, 2.75) is 6.92 Å². The molecule has 0 radical (unpaired) electrons. The fourth-order valence-electron chi connectivity index (χ4n) is 2.85. The number of ether oxygens (including phenoxy) is 1. The van der Waals surface area contributed by atoms with Crippen molar-refractivity contribution in [2.24, 2.45) is 4.36 Å². The lowest BCUT2D eigenvalue weighted by molar-refractivity contribution is -0.130. The van der Waals surface area contributed by atoms with Crippen molar-refractivity contribution in [3.63, 3.8) is 0 Å². The Hall–Kier alpha value is -3.07. The van der Waals surface area contributed by atoms with Gasteiger partial charge in [0.1, 0.15) is 23.7 Å².